The Balaban J connectivity index is 0.00000225. The lowest BCUT2D eigenvalue weighted by Crippen LogP contribution is -2.37. The van der Waals surface area contributed by atoms with Crippen LogP contribution in [0.5, 0.6) is 0 Å². The highest BCUT2D eigenvalue weighted by Gasteiger charge is 2.09. The summed E-state index contributed by atoms with van der Waals surface area (Å²) in [6, 6.07) is 3.65. The first kappa shape index (κ1) is 19.5. The highest BCUT2D eigenvalue weighted by atomic mass is 127. The molecule has 2 aromatic rings. The largest absolute Gasteiger partial charge is 0.461 e. The van der Waals surface area contributed by atoms with Crippen molar-refractivity contribution in [1.82, 2.24) is 25.8 Å². The van der Waals surface area contributed by atoms with E-state index in [1.54, 1.807) is 18.9 Å². The van der Waals surface area contributed by atoms with Gasteiger partial charge in [-0.1, -0.05) is 11.6 Å². The minimum absolute atomic E-state index is 0. The van der Waals surface area contributed by atoms with Gasteiger partial charge in [-0.05, 0) is 44.2 Å². The molecule has 0 spiro atoms. The molecule has 25 heavy (non-hydrogen) atoms. The molecule has 0 saturated heterocycles. The van der Waals surface area contributed by atoms with E-state index in [0.29, 0.717) is 18.1 Å². The van der Waals surface area contributed by atoms with Gasteiger partial charge in [0.1, 0.15) is 5.82 Å². The summed E-state index contributed by atoms with van der Waals surface area (Å²) in [5.74, 6) is 2.71. The van der Waals surface area contributed by atoms with Crippen LogP contribution in [0.15, 0.2) is 39.5 Å². The van der Waals surface area contributed by atoms with Crippen LogP contribution in [0.1, 0.15) is 37.9 Å². The van der Waals surface area contributed by atoms with Crippen molar-refractivity contribution in [2.75, 3.05) is 13.6 Å². The van der Waals surface area contributed by atoms with Crippen molar-refractivity contribution in [3.63, 3.8) is 0 Å². The summed E-state index contributed by atoms with van der Waals surface area (Å²) in [4.78, 5) is 8.63. The molecule has 0 aliphatic heterocycles. The zero-order valence-corrected chi connectivity index (χ0v) is 16.7. The van der Waals surface area contributed by atoms with Crippen LogP contribution >= 0.6 is 24.0 Å². The molecule has 3 rings (SSSR count). The van der Waals surface area contributed by atoms with Crippen molar-refractivity contribution in [3.8, 4) is 11.6 Å². The fraction of sp³-hybridized carbons (Fsp3) is 0.471. The molecule has 0 unspecified atom stereocenters. The number of furan rings is 1. The number of allylic oxidation sites excluding steroid dienone is 1. The summed E-state index contributed by atoms with van der Waals surface area (Å²) in [5.41, 5.74) is 1.56. The van der Waals surface area contributed by atoms with Gasteiger partial charge >= 0.3 is 0 Å². The van der Waals surface area contributed by atoms with Crippen LogP contribution in [0.4, 0.5) is 0 Å². The Hall–Kier alpha value is -1.84. The summed E-state index contributed by atoms with van der Waals surface area (Å²) in [7, 11) is 1.77. The molecule has 0 radical (unpaired) electrons. The molecule has 0 amide bonds. The molecule has 2 aromatic heterocycles. The number of nitrogens with zero attached hydrogens (tertiary/aromatic N) is 3. The fourth-order valence-corrected chi connectivity index (χ4v) is 2.75. The number of hydrogen-bond acceptors (Lipinski definition) is 4. The van der Waals surface area contributed by atoms with E-state index < -0.39 is 0 Å². The van der Waals surface area contributed by atoms with Crippen LogP contribution in [0, 0.1) is 0 Å². The molecule has 0 atom stereocenters. The van der Waals surface area contributed by atoms with Gasteiger partial charge in [0.05, 0.1) is 12.8 Å². The standard InChI is InChI=1S/C17H24N6O.HI/c1-18-17(19-10-9-13-6-3-2-4-7-13)20-12-15-21-16(23-22-15)14-8-5-11-24-14;/h5-6,8,11H,2-4,7,9-10,12H2,1H3,(H2,18,19,20)(H,21,22,23);1H. The van der Waals surface area contributed by atoms with Gasteiger partial charge in [-0.3, -0.25) is 10.1 Å². The molecule has 0 aromatic carbocycles. The van der Waals surface area contributed by atoms with E-state index in [1.165, 1.54) is 25.7 Å². The summed E-state index contributed by atoms with van der Waals surface area (Å²) in [6.45, 7) is 1.41. The van der Waals surface area contributed by atoms with Gasteiger partial charge < -0.3 is 15.1 Å². The number of aliphatic imine (C=N–C) groups is 1. The zero-order chi connectivity index (χ0) is 16.6. The molecule has 7 nitrogen and oxygen atoms in total. The highest BCUT2D eigenvalue weighted by molar-refractivity contribution is 14.0. The second-order valence-electron chi connectivity index (χ2n) is 5.79. The van der Waals surface area contributed by atoms with Gasteiger partial charge in [0.25, 0.3) is 0 Å². The van der Waals surface area contributed by atoms with Crippen LogP contribution in [0.25, 0.3) is 11.6 Å². The number of guanidine groups is 1. The van der Waals surface area contributed by atoms with Crippen LogP contribution in [-0.2, 0) is 6.54 Å². The van der Waals surface area contributed by atoms with E-state index in [-0.39, 0.29) is 24.0 Å². The first-order chi connectivity index (χ1) is 11.8. The maximum absolute atomic E-state index is 5.28. The van der Waals surface area contributed by atoms with Gasteiger partial charge in [0.15, 0.2) is 11.7 Å². The first-order valence-electron chi connectivity index (χ1n) is 8.43. The lowest BCUT2D eigenvalue weighted by atomic mass is 9.97. The number of nitrogens with one attached hydrogen (secondary N) is 3. The Labute approximate surface area is 164 Å². The number of H-pyrrole nitrogens is 1. The van der Waals surface area contributed by atoms with Crippen molar-refractivity contribution < 1.29 is 4.42 Å². The molecule has 0 bridgehead atoms. The van der Waals surface area contributed by atoms with Crippen molar-refractivity contribution in [2.45, 2.75) is 38.6 Å². The van der Waals surface area contributed by atoms with Crippen molar-refractivity contribution >= 4 is 29.9 Å². The van der Waals surface area contributed by atoms with Crippen LogP contribution < -0.4 is 10.6 Å². The maximum Gasteiger partial charge on any atom is 0.216 e. The second-order valence-corrected chi connectivity index (χ2v) is 5.79. The predicted molar refractivity (Wildman–Crippen MR) is 109 cm³/mol. The number of aromatic amines is 1. The molecule has 3 N–H and O–H groups in total. The zero-order valence-electron chi connectivity index (χ0n) is 14.4. The van der Waals surface area contributed by atoms with Gasteiger partial charge in [0, 0.05) is 13.6 Å². The molecule has 0 saturated carbocycles. The topological polar surface area (TPSA) is 91.1 Å². The molecule has 136 valence electrons. The summed E-state index contributed by atoms with van der Waals surface area (Å²) >= 11 is 0. The van der Waals surface area contributed by atoms with E-state index >= 15 is 0 Å². The van der Waals surface area contributed by atoms with Crippen molar-refractivity contribution in [1.29, 1.82) is 0 Å². The smallest absolute Gasteiger partial charge is 0.216 e. The molecule has 0 fully saturated rings. The first-order valence-corrected chi connectivity index (χ1v) is 8.43. The Morgan fingerprint density at radius 3 is 3.00 bits per heavy atom. The third-order valence-corrected chi connectivity index (χ3v) is 4.04. The number of aromatic nitrogens is 3. The molecule has 1 aliphatic carbocycles. The summed E-state index contributed by atoms with van der Waals surface area (Å²) in [6.07, 6.45) is 10.2. The molecule has 8 heteroatoms. The van der Waals surface area contributed by atoms with Crippen LogP contribution in [0.3, 0.4) is 0 Å². The number of hydrogen-bond donors (Lipinski definition) is 3. The summed E-state index contributed by atoms with van der Waals surface area (Å²) < 4.78 is 5.28. The van der Waals surface area contributed by atoms with Crippen molar-refractivity contribution in [3.05, 3.63) is 35.9 Å². The lowest BCUT2D eigenvalue weighted by molar-refractivity contribution is 0.577. The molecular weight excluding hydrogens is 431 g/mol. The van der Waals surface area contributed by atoms with Gasteiger partial charge in [-0.25, -0.2) is 4.98 Å². The maximum atomic E-state index is 5.28. The van der Waals surface area contributed by atoms with E-state index in [0.717, 1.165) is 24.7 Å². The minimum Gasteiger partial charge on any atom is -0.461 e. The second kappa shape index (κ2) is 10.2. The van der Waals surface area contributed by atoms with Crippen molar-refractivity contribution in [2.24, 2.45) is 4.99 Å². The van der Waals surface area contributed by atoms with E-state index in [2.05, 4.69) is 36.9 Å². The minimum atomic E-state index is 0. The van der Waals surface area contributed by atoms with E-state index in [1.807, 2.05) is 12.1 Å². The normalized spacial score (nSPS) is 14.6. The predicted octanol–water partition coefficient (Wildman–Crippen LogP) is 3.24. The lowest BCUT2D eigenvalue weighted by Gasteiger charge is -2.14. The van der Waals surface area contributed by atoms with Gasteiger partial charge in [-0.2, -0.15) is 0 Å². The quantitative estimate of drug-likeness (QED) is 0.269. The molecular formula is C17H25IN6O. The number of rotatable bonds is 6. The third-order valence-electron chi connectivity index (χ3n) is 4.04. The van der Waals surface area contributed by atoms with Gasteiger partial charge in [-0.15, -0.1) is 29.1 Å². The SMILES string of the molecule is CN=C(NCCC1=CCCCC1)NCc1nc(-c2ccco2)n[nH]1.I. The Morgan fingerprint density at radius 2 is 2.28 bits per heavy atom. The average Bonchev–Trinajstić information content (AvgIpc) is 3.30. The van der Waals surface area contributed by atoms with E-state index in [9.17, 15) is 0 Å². The van der Waals surface area contributed by atoms with Crippen LogP contribution in [-0.4, -0.2) is 34.7 Å². The third kappa shape index (κ3) is 5.87. The highest BCUT2D eigenvalue weighted by Crippen LogP contribution is 2.19. The molecule has 1 aliphatic rings. The molecule has 2 heterocycles. The Morgan fingerprint density at radius 1 is 1.36 bits per heavy atom. The monoisotopic (exact) mass is 456 g/mol. The van der Waals surface area contributed by atoms with Gasteiger partial charge in [0.2, 0.25) is 5.82 Å². The summed E-state index contributed by atoms with van der Waals surface area (Å²) in [5, 5.41) is 13.6. The Bertz CT molecular complexity index is 692. The van der Waals surface area contributed by atoms with E-state index in [4.69, 9.17) is 4.42 Å². The Kier molecular flexibility index (Phi) is 7.96. The van der Waals surface area contributed by atoms with Crippen LogP contribution in [0.2, 0.25) is 0 Å². The number of halogens is 1. The average molecular weight is 456 g/mol. The fourth-order valence-electron chi connectivity index (χ4n) is 2.75.